The molecule has 0 fully saturated rings. The van der Waals surface area contributed by atoms with Crippen molar-refractivity contribution >= 4 is 17.9 Å². The van der Waals surface area contributed by atoms with E-state index in [-0.39, 0.29) is 38.2 Å². The number of carboxylic acid groups (broad SMARTS) is 1. The SMILES string of the molecule is CCCCCCC/C=C\C/C=C\C/C=C\CCCCCCCCCCCCCCCCCCCCCCCCC(=O)OC(COC(=O)CCCCCCCCCCCCCCCCCCCCCCCCCCCC)COC(OCC[N+](C)(C)C)C(=O)O. The van der Waals surface area contributed by atoms with Crippen LogP contribution >= 0.6 is 0 Å². The number of rotatable bonds is 73. The lowest BCUT2D eigenvalue weighted by Crippen LogP contribution is -2.40. The molecule has 0 spiro atoms. The van der Waals surface area contributed by atoms with Gasteiger partial charge in [0.15, 0.2) is 6.10 Å². The quantitative estimate of drug-likeness (QED) is 0.0211. The lowest BCUT2D eigenvalue weighted by atomic mass is 10.0. The molecule has 518 valence electrons. The summed E-state index contributed by atoms with van der Waals surface area (Å²) in [4.78, 5) is 37.7. The molecule has 0 aliphatic rings. The zero-order valence-electron chi connectivity index (χ0n) is 59.4. The highest BCUT2D eigenvalue weighted by Crippen LogP contribution is 2.20. The zero-order chi connectivity index (χ0) is 64.0. The summed E-state index contributed by atoms with van der Waals surface area (Å²) in [5.74, 6) is -1.97. The van der Waals surface area contributed by atoms with Gasteiger partial charge in [0.1, 0.15) is 13.2 Å². The number of allylic oxidation sites excluding steroid dienone is 6. The number of esters is 2. The molecule has 1 N–H and O–H groups in total. The van der Waals surface area contributed by atoms with E-state index in [9.17, 15) is 19.5 Å². The van der Waals surface area contributed by atoms with Crippen molar-refractivity contribution in [1.29, 1.82) is 0 Å². The number of nitrogens with zero attached hydrogens (tertiary/aromatic N) is 1. The Morgan fingerprint density at radius 3 is 0.909 bits per heavy atom. The summed E-state index contributed by atoms with van der Waals surface area (Å²) < 4.78 is 23.0. The number of carbonyl (C=O) groups is 3. The van der Waals surface area contributed by atoms with Crippen LogP contribution in [0.4, 0.5) is 0 Å². The molecule has 2 unspecified atom stereocenters. The summed E-state index contributed by atoms with van der Waals surface area (Å²) in [6, 6.07) is 0. The molecule has 0 aromatic heterocycles. The molecule has 0 radical (unpaired) electrons. The second-order valence-electron chi connectivity index (χ2n) is 27.7. The minimum absolute atomic E-state index is 0.175. The number of carboxylic acids is 1. The van der Waals surface area contributed by atoms with Crippen LogP contribution < -0.4 is 0 Å². The Morgan fingerprint density at radius 2 is 0.614 bits per heavy atom. The van der Waals surface area contributed by atoms with Gasteiger partial charge in [0.2, 0.25) is 0 Å². The molecule has 0 saturated carbocycles. The van der Waals surface area contributed by atoms with Crippen molar-refractivity contribution in [2.75, 3.05) is 47.5 Å². The highest BCUT2D eigenvalue weighted by atomic mass is 16.7. The molecule has 0 heterocycles. The van der Waals surface area contributed by atoms with Crippen LogP contribution in [0.3, 0.4) is 0 Å². The predicted octanol–water partition coefficient (Wildman–Crippen LogP) is 24.3. The van der Waals surface area contributed by atoms with E-state index < -0.39 is 18.4 Å². The molecule has 9 heteroatoms. The number of ether oxygens (including phenoxy) is 4. The van der Waals surface area contributed by atoms with Crippen LogP contribution in [0.1, 0.15) is 393 Å². The summed E-state index contributed by atoms with van der Waals surface area (Å²) in [6.07, 6.45) is 87.2. The number of aliphatic carboxylic acids is 1. The molecule has 0 saturated heterocycles. The average Bonchev–Trinajstić information content (AvgIpc) is 3.54. The number of carbonyl (C=O) groups excluding carboxylic acids is 2. The lowest BCUT2D eigenvalue weighted by Gasteiger charge is -2.25. The average molecular weight is 1240 g/mol. The molecule has 0 aliphatic carbocycles. The maximum absolute atomic E-state index is 13.0. The van der Waals surface area contributed by atoms with Gasteiger partial charge in [0, 0.05) is 12.8 Å². The molecule has 0 bridgehead atoms. The van der Waals surface area contributed by atoms with Gasteiger partial charge in [-0.05, 0) is 51.4 Å². The van der Waals surface area contributed by atoms with Crippen molar-refractivity contribution in [3.8, 4) is 0 Å². The third-order valence-electron chi connectivity index (χ3n) is 17.6. The minimum atomic E-state index is -1.51. The first-order valence-corrected chi connectivity index (χ1v) is 38.7. The Morgan fingerprint density at radius 1 is 0.341 bits per heavy atom. The second kappa shape index (κ2) is 70.4. The molecular weight excluding hydrogens is 1090 g/mol. The minimum Gasteiger partial charge on any atom is -0.477 e. The molecule has 88 heavy (non-hydrogen) atoms. The molecule has 0 aliphatic heterocycles. The molecule has 0 aromatic carbocycles. The van der Waals surface area contributed by atoms with Gasteiger partial charge in [0.25, 0.3) is 6.29 Å². The first-order chi connectivity index (χ1) is 43.1. The van der Waals surface area contributed by atoms with Crippen LogP contribution in [0.15, 0.2) is 36.5 Å². The van der Waals surface area contributed by atoms with Crippen molar-refractivity contribution in [3.63, 3.8) is 0 Å². The van der Waals surface area contributed by atoms with Gasteiger partial charge in [-0.2, -0.15) is 0 Å². The van der Waals surface area contributed by atoms with Crippen LogP contribution in [0.5, 0.6) is 0 Å². The summed E-state index contributed by atoms with van der Waals surface area (Å²) in [6.45, 7) is 4.95. The van der Waals surface area contributed by atoms with Crippen LogP contribution in [0.2, 0.25) is 0 Å². The van der Waals surface area contributed by atoms with Crippen molar-refractivity contribution in [2.45, 2.75) is 405 Å². The Labute approximate surface area is 547 Å². The fraction of sp³-hybridized carbons (Fsp3) is 0.886. The lowest BCUT2D eigenvalue weighted by molar-refractivity contribution is -0.870. The fourth-order valence-electron chi connectivity index (χ4n) is 11.7. The van der Waals surface area contributed by atoms with Gasteiger partial charge in [-0.15, -0.1) is 0 Å². The summed E-state index contributed by atoms with van der Waals surface area (Å²) in [5, 5.41) is 9.76. The van der Waals surface area contributed by atoms with Crippen molar-refractivity contribution in [1.82, 2.24) is 0 Å². The highest BCUT2D eigenvalue weighted by Gasteiger charge is 2.25. The topological polar surface area (TPSA) is 108 Å². The van der Waals surface area contributed by atoms with Crippen molar-refractivity contribution in [3.05, 3.63) is 36.5 Å². The van der Waals surface area contributed by atoms with E-state index in [1.807, 2.05) is 21.1 Å². The zero-order valence-corrected chi connectivity index (χ0v) is 59.4. The number of hydrogen-bond donors (Lipinski definition) is 1. The molecule has 9 nitrogen and oxygen atoms in total. The Balaban J connectivity index is 3.98. The first-order valence-electron chi connectivity index (χ1n) is 38.7. The largest absolute Gasteiger partial charge is 0.477 e. The van der Waals surface area contributed by atoms with Gasteiger partial charge in [0.05, 0.1) is 34.4 Å². The Bertz CT molecular complexity index is 1540. The number of unbranched alkanes of at least 4 members (excludes halogenated alkanes) is 52. The van der Waals surface area contributed by atoms with E-state index >= 15 is 0 Å². The number of quaternary nitrogens is 1. The maximum Gasteiger partial charge on any atom is 0.361 e. The van der Waals surface area contributed by atoms with Gasteiger partial charge < -0.3 is 28.5 Å². The molecule has 0 amide bonds. The normalized spacial score (nSPS) is 12.8. The van der Waals surface area contributed by atoms with Crippen LogP contribution in [-0.2, 0) is 33.3 Å². The number of hydrogen-bond acceptors (Lipinski definition) is 7. The Hall–Kier alpha value is -2.49. The molecule has 0 rings (SSSR count). The van der Waals surface area contributed by atoms with Crippen molar-refractivity contribution in [2.24, 2.45) is 0 Å². The first kappa shape index (κ1) is 85.5. The Kier molecular flexibility index (Phi) is 68.4. The van der Waals surface area contributed by atoms with E-state index in [1.54, 1.807) is 0 Å². The molecule has 0 aromatic rings. The monoisotopic (exact) mass is 1240 g/mol. The van der Waals surface area contributed by atoms with E-state index in [1.165, 1.54) is 315 Å². The third kappa shape index (κ3) is 71.0. The molecular formula is C79H150NO8+. The highest BCUT2D eigenvalue weighted by molar-refractivity contribution is 5.71. The maximum atomic E-state index is 13.0. The third-order valence-corrected chi connectivity index (χ3v) is 17.6. The van der Waals surface area contributed by atoms with E-state index in [0.717, 1.165) is 51.4 Å². The van der Waals surface area contributed by atoms with Gasteiger partial charge >= 0.3 is 17.9 Å². The van der Waals surface area contributed by atoms with Crippen LogP contribution in [-0.4, -0.2) is 87.4 Å². The van der Waals surface area contributed by atoms with Crippen LogP contribution in [0, 0.1) is 0 Å². The summed E-state index contributed by atoms with van der Waals surface area (Å²) >= 11 is 0. The number of likely N-dealkylation sites (N-methyl/N-ethyl adjacent to an activating group) is 1. The van der Waals surface area contributed by atoms with E-state index in [0.29, 0.717) is 17.4 Å². The van der Waals surface area contributed by atoms with Gasteiger partial charge in [-0.1, -0.05) is 365 Å². The standard InChI is InChI=1S/C79H149NO8/c1-6-8-10-12-14-16-18-20-22-24-26-28-30-32-34-35-36-37-38-39-40-41-42-43-44-46-48-50-52-54-56-58-60-62-64-66-68-70-77(82)88-75(74-87-79(78(83)84)85-72-71-80(3,4)5)73-86-76(81)69-67-65-63-61-59-57-55-53-51-49-47-45-33-31-29-27-25-23-21-19-17-15-13-11-9-7-2/h18,20,24,26,30,32,75,79H,6-17,19,21-23,25,27-29,31,33-74H2,1-5H3/p+1/b20-18-,26-24-,32-30-. The smallest absolute Gasteiger partial charge is 0.361 e. The van der Waals surface area contributed by atoms with E-state index in [2.05, 4.69) is 50.3 Å². The second-order valence-corrected chi connectivity index (χ2v) is 27.7. The van der Waals surface area contributed by atoms with Gasteiger partial charge in [-0.25, -0.2) is 4.79 Å². The van der Waals surface area contributed by atoms with E-state index in [4.69, 9.17) is 18.9 Å². The van der Waals surface area contributed by atoms with Crippen molar-refractivity contribution < 1.29 is 42.9 Å². The predicted molar refractivity (Wildman–Crippen MR) is 378 cm³/mol. The van der Waals surface area contributed by atoms with Gasteiger partial charge in [-0.3, -0.25) is 9.59 Å². The summed E-state index contributed by atoms with van der Waals surface area (Å²) in [7, 11) is 6.00. The summed E-state index contributed by atoms with van der Waals surface area (Å²) in [5.41, 5.74) is 0. The molecule has 2 atom stereocenters. The fourth-order valence-corrected chi connectivity index (χ4v) is 11.7. The van der Waals surface area contributed by atoms with Crippen LogP contribution in [0.25, 0.3) is 0 Å².